The molecule has 0 unspecified atom stereocenters. The number of rotatable bonds is 8. The number of amides is 3. The van der Waals surface area contributed by atoms with Crippen LogP contribution in [0.1, 0.15) is 21.5 Å². The van der Waals surface area contributed by atoms with Crippen LogP contribution < -0.4 is 21.1 Å². The van der Waals surface area contributed by atoms with Crippen LogP contribution in [0.25, 0.3) is 0 Å². The predicted molar refractivity (Wildman–Crippen MR) is 111 cm³/mol. The Hall–Kier alpha value is -3.17. The number of hydrogen-bond acceptors (Lipinski definition) is 6. The van der Waals surface area contributed by atoms with E-state index in [0.29, 0.717) is 18.0 Å². The van der Waals surface area contributed by atoms with Crippen molar-refractivity contribution in [2.45, 2.75) is 13.0 Å². The van der Waals surface area contributed by atoms with Gasteiger partial charge in [-0.05, 0) is 35.6 Å². The van der Waals surface area contributed by atoms with Crippen molar-refractivity contribution in [1.82, 2.24) is 14.7 Å². The van der Waals surface area contributed by atoms with Gasteiger partial charge >= 0.3 is 6.03 Å². The second-order valence-electron chi connectivity index (χ2n) is 5.93. The SMILES string of the molecule is NC(=O)c1c(OCc2cccnc2)nsc1NC(=O)NCCc1ccccc1Cl. The highest BCUT2D eigenvalue weighted by atomic mass is 35.5. The number of hydrogen-bond donors (Lipinski definition) is 3. The smallest absolute Gasteiger partial charge is 0.319 e. The van der Waals surface area contributed by atoms with Crippen molar-refractivity contribution in [1.29, 1.82) is 0 Å². The van der Waals surface area contributed by atoms with Gasteiger partial charge < -0.3 is 15.8 Å². The maximum atomic E-state index is 12.2. The zero-order valence-electron chi connectivity index (χ0n) is 15.2. The summed E-state index contributed by atoms with van der Waals surface area (Å²) in [5, 5.41) is 6.16. The summed E-state index contributed by atoms with van der Waals surface area (Å²) in [5.41, 5.74) is 7.21. The molecule has 2 aromatic heterocycles. The third-order valence-electron chi connectivity index (χ3n) is 3.87. The van der Waals surface area contributed by atoms with Gasteiger partial charge in [0, 0.05) is 29.5 Å². The van der Waals surface area contributed by atoms with Crippen LogP contribution in [0.4, 0.5) is 9.80 Å². The van der Waals surface area contributed by atoms with Crippen molar-refractivity contribution in [3.8, 4) is 5.88 Å². The van der Waals surface area contributed by atoms with Gasteiger partial charge in [-0.25, -0.2) is 4.79 Å². The molecule has 150 valence electrons. The summed E-state index contributed by atoms with van der Waals surface area (Å²) in [4.78, 5) is 28.0. The van der Waals surface area contributed by atoms with Crippen LogP contribution in [-0.4, -0.2) is 27.8 Å². The first kappa shape index (κ1) is 20.6. The number of halogens is 1. The highest BCUT2D eigenvalue weighted by Crippen LogP contribution is 2.30. The van der Waals surface area contributed by atoms with Crippen molar-refractivity contribution in [3.05, 3.63) is 70.5 Å². The Labute approximate surface area is 176 Å². The summed E-state index contributed by atoms with van der Waals surface area (Å²) in [6.45, 7) is 0.534. The Bertz CT molecular complexity index is 997. The fraction of sp³-hybridized carbons (Fsp3) is 0.158. The number of nitrogens with two attached hydrogens (primary N) is 1. The first-order valence-electron chi connectivity index (χ1n) is 8.64. The minimum atomic E-state index is -0.744. The summed E-state index contributed by atoms with van der Waals surface area (Å²) >= 11 is 7.01. The number of urea groups is 1. The molecule has 10 heteroatoms. The van der Waals surface area contributed by atoms with Gasteiger partial charge in [0.2, 0.25) is 5.88 Å². The molecule has 3 aromatic rings. The molecular formula is C19H18ClN5O3S. The molecule has 29 heavy (non-hydrogen) atoms. The van der Waals surface area contributed by atoms with Crippen molar-refractivity contribution < 1.29 is 14.3 Å². The zero-order chi connectivity index (χ0) is 20.6. The van der Waals surface area contributed by atoms with Gasteiger partial charge in [0.1, 0.15) is 17.2 Å². The fourth-order valence-electron chi connectivity index (χ4n) is 2.47. The number of carbonyl (C=O) groups is 2. The standard InChI is InChI=1S/C19H18ClN5O3S/c20-14-6-2-1-5-13(14)7-9-23-19(27)24-18-15(16(21)26)17(25-29-18)28-11-12-4-3-8-22-10-12/h1-6,8,10H,7,9,11H2,(H2,21,26)(H2,23,24,27). The van der Waals surface area contributed by atoms with Gasteiger partial charge in [-0.3, -0.25) is 15.1 Å². The molecule has 0 saturated carbocycles. The molecule has 0 aliphatic heterocycles. The van der Waals surface area contributed by atoms with E-state index >= 15 is 0 Å². The molecule has 3 rings (SSSR count). The number of nitrogens with zero attached hydrogens (tertiary/aromatic N) is 2. The minimum absolute atomic E-state index is 0.0279. The van der Waals surface area contributed by atoms with Crippen LogP contribution in [0, 0.1) is 0 Å². The first-order chi connectivity index (χ1) is 14.0. The van der Waals surface area contributed by atoms with Gasteiger partial charge in [-0.15, -0.1) is 0 Å². The van der Waals surface area contributed by atoms with Crippen LogP contribution in [0.5, 0.6) is 5.88 Å². The molecule has 0 bridgehead atoms. The van der Waals surface area contributed by atoms with E-state index in [1.54, 1.807) is 24.5 Å². The molecule has 4 N–H and O–H groups in total. The summed E-state index contributed by atoms with van der Waals surface area (Å²) < 4.78 is 9.65. The minimum Gasteiger partial charge on any atom is -0.472 e. The lowest BCUT2D eigenvalue weighted by Gasteiger charge is -2.08. The molecule has 0 spiro atoms. The topological polar surface area (TPSA) is 119 Å². The highest BCUT2D eigenvalue weighted by Gasteiger charge is 2.22. The number of primary amides is 1. The predicted octanol–water partition coefficient (Wildman–Crippen LogP) is 3.23. The number of aromatic nitrogens is 2. The van der Waals surface area contributed by atoms with Gasteiger partial charge in [-0.2, -0.15) is 4.37 Å². The number of ether oxygens (including phenoxy) is 1. The van der Waals surface area contributed by atoms with Crippen molar-refractivity contribution in [2.75, 3.05) is 11.9 Å². The number of anilines is 1. The van der Waals surface area contributed by atoms with Crippen molar-refractivity contribution in [2.24, 2.45) is 5.73 Å². The molecule has 0 aliphatic rings. The molecule has 0 atom stereocenters. The molecule has 3 amide bonds. The number of benzene rings is 1. The Kier molecular flexibility index (Phi) is 6.99. The average Bonchev–Trinajstić information content (AvgIpc) is 3.11. The Balaban J connectivity index is 1.58. The van der Waals surface area contributed by atoms with E-state index in [1.807, 2.05) is 24.3 Å². The van der Waals surface area contributed by atoms with E-state index < -0.39 is 11.9 Å². The lowest BCUT2D eigenvalue weighted by atomic mass is 10.1. The zero-order valence-corrected chi connectivity index (χ0v) is 16.8. The van der Waals surface area contributed by atoms with Gasteiger partial charge in [0.25, 0.3) is 5.91 Å². The van der Waals surface area contributed by atoms with Crippen LogP contribution in [0.2, 0.25) is 5.02 Å². The fourth-order valence-corrected chi connectivity index (χ4v) is 3.44. The molecule has 8 nitrogen and oxygen atoms in total. The van der Waals surface area contributed by atoms with E-state index in [-0.39, 0.29) is 23.1 Å². The van der Waals surface area contributed by atoms with Crippen LogP contribution >= 0.6 is 23.1 Å². The second kappa shape index (κ2) is 9.85. The Morgan fingerprint density at radius 3 is 2.76 bits per heavy atom. The van der Waals surface area contributed by atoms with E-state index in [2.05, 4.69) is 20.0 Å². The normalized spacial score (nSPS) is 10.4. The second-order valence-corrected chi connectivity index (χ2v) is 7.11. The van der Waals surface area contributed by atoms with Gasteiger partial charge in [0.15, 0.2) is 0 Å². The maximum absolute atomic E-state index is 12.2. The molecule has 0 radical (unpaired) electrons. The van der Waals surface area contributed by atoms with Gasteiger partial charge in [-0.1, -0.05) is 35.9 Å². The monoisotopic (exact) mass is 431 g/mol. The van der Waals surface area contributed by atoms with E-state index in [4.69, 9.17) is 22.1 Å². The Morgan fingerprint density at radius 1 is 1.21 bits per heavy atom. The third kappa shape index (κ3) is 5.66. The summed E-state index contributed by atoms with van der Waals surface area (Å²) in [7, 11) is 0. The first-order valence-corrected chi connectivity index (χ1v) is 9.79. The van der Waals surface area contributed by atoms with E-state index in [1.165, 1.54) is 0 Å². The molecule has 0 saturated heterocycles. The van der Waals surface area contributed by atoms with E-state index in [0.717, 1.165) is 22.7 Å². The number of pyridine rings is 1. The number of carbonyl (C=O) groups excluding carboxylic acids is 2. The van der Waals surface area contributed by atoms with Crippen LogP contribution in [-0.2, 0) is 13.0 Å². The summed E-state index contributed by atoms with van der Waals surface area (Å²) in [5.74, 6) is -0.677. The van der Waals surface area contributed by atoms with Gasteiger partial charge in [0.05, 0.1) is 0 Å². The summed E-state index contributed by atoms with van der Waals surface area (Å²) in [6, 6.07) is 10.5. The quantitative estimate of drug-likeness (QED) is 0.505. The molecule has 0 aliphatic carbocycles. The average molecular weight is 432 g/mol. The van der Waals surface area contributed by atoms with Crippen LogP contribution in [0.15, 0.2) is 48.8 Å². The summed E-state index contributed by atoms with van der Waals surface area (Å²) in [6.07, 6.45) is 3.85. The van der Waals surface area contributed by atoms with Crippen LogP contribution in [0.3, 0.4) is 0 Å². The lowest BCUT2D eigenvalue weighted by Crippen LogP contribution is -2.31. The highest BCUT2D eigenvalue weighted by molar-refractivity contribution is 7.11. The number of nitrogens with one attached hydrogen (secondary N) is 2. The molecular weight excluding hydrogens is 414 g/mol. The molecule has 2 heterocycles. The molecule has 1 aromatic carbocycles. The lowest BCUT2D eigenvalue weighted by molar-refractivity contribution is 0.0996. The van der Waals surface area contributed by atoms with Crippen molar-refractivity contribution >= 4 is 40.1 Å². The maximum Gasteiger partial charge on any atom is 0.319 e. The third-order valence-corrected chi connectivity index (χ3v) is 4.98. The largest absolute Gasteiger partial charge is 0.472 e. The van der Waals surface area contributed by atoms with E-state index in [9.17, 15) is 9.59 Å². The molecule has 0 fully saturated rings. The van der Waals surface area contributed by atoms with Crippen molar-refractivity contribution in [3.63, 3.8) is 0 Å². The Morgan fingerprint density at radius 2 is 2.03 bits per heavy atom.